The zero-order valence-electron chi connectivity index (χ0n) is 18.6. The van der Waals surface area contributed by atoms with Gasteiger partial charge in [-0.15, -0.1) is 4.91 Å². The molecule has 3 atom stereocenters. The lowest BCUT2D eigenvalue weighted by Crippen LogP contribution is -2.53. The third kappa shape index (κ3) is 6.34. The molecule has 10 nitrogen and oxygen atoms in total. The normalized spacial score (nSPS) is 13.9. The molecule has 0 saturated heterocycles. The fourth-order valence-electron chi connectivity index (χ4n) is 3.72. The SMILES string of the molecule is CC(C)C[C@@H](C=O)NC(=O)[C@H](Cc1cnc[nH]1)NC(=O)[C@H](Cc1c[nH]c2ccccc12)N=O. The topological polar surface area (TPSA) is 149 Å². The Morgan fingerprint density at radius 1 is 1.12 bits per heavy atom. The maximum Gasteiger partial charge on any atom is 0.249 e. The minimum absolute atomic E-state index is 0.0854. The summed E-state index contributed by atoms with van der Waals surface area (Å²) in [5, 5.41) is 9.21. The molecule has 2 aromatic heterocycles. The van der Waals surface area contributed by atoms with E-state index in [2.05, 4.69) is 30.8 Å². The molecule has 3 aromatic rings. The molecule has 0 aliphatic rings. The molecule has 33 heavy (non-hydrogen) atoms. The lowest BCUT2D eigenvalue weighted by molar-refractivity contribution is -0.130. The minimum atomic E-state index is -1.22. The van der Waals surface area contributed by atoms with Gasteiger partial charge < -0.3 is 25.4 Å². The number of aromatic amines is 2. The second-order valence-electron chi connectivity index (χ2n) is 8.41. The van der Waals surface area contributed by atoms with Crippen molar-refractivity contribution in [2.45, 2.75) is 51.2 Å². The van der Waals surface area contributed by atoms with Crippen LogP contribution in [0, 0.1) is 10.8 Å². The van der Waals surface area contributed by atoms with E-state index in [0.29, 0.717) is 18.4 Å². The molecule has 0 saturated carbocycles. The van der Waals surface area contributed by atoms with Crippen LogP contribution in [-0.4, -0.2) is 51.2 Å². The van der Waals surface area contributed by atoms with Crippen LogP contribution in [0.1, 0.15) is 31.5 Å². The van der Waals surface area contributed by atoms with Crippen molar-refractivity contribution in [3.63, 3.8) is 0 Å². The Morgan fingerprint density at radius 3 is 2.58 bits per heavy atom. The van der Waals surface area contributed by atoms with Gasteiger partial charge >= 0.3 is 0 Å². The summed E-state index contributed by atoms with van der Waals surface area (Å²) in [4.78, 5) is 58.7. The number of hydrogen-bond acceptors (Lipinski definition) is 6. The van der Waals surface area contributed by atoms with Gasteiger partial charge in [-0.25, -0.2) is 4.98 Å². The monoisotopic (exact) mass is 452 g/mol. The molecule has 0 unspecified atom stereocenters. The fraction of sp³-hybridized carbons (Fsp3) is 0.391. The Bertz CT molecular complexity index is 1090. The molecule has 4 N–H and O–H groups in total. The second kappa shape index (κ2) is 11.2. The molecule has 0 spiro atoms. The molecule has 0 aliphatic carbocycles. The van der Waals surface area contributed by atoms with Gasteiger partial charge in [0, 0.05) is 41.8 Å². The van der Waals surface area contributed by atoms with Crippen molar-refractivity contribution < 1.29 is 14.4 Å². The molecule has 0 bridgehead atoms. The van der Waals surface area contributed by atoms with Gasteiger partial charge in [-0.1, -0.05) is 37.2 Å². The standard InChI is InChI=1S/C23H28N6O4/c1-14(2)7-17(12-30)27-22(31)20(9-16-11-24-13-26-16)28-23(32)21(29-33)8-15-10-25-19-6-4-3-5-18(15)19/h3-6,10-14,17,20-21,25H,7-9H2,1-2H3,(H,24,26)(H,27,31)(H,28,32)/t17-,20-,21-/m0/s1. The quantitative estimate of drug-likeness (QED) is 0.245. The number of aldehydes is 1. The number of hydrogen-bond donors (Lipinski definition) is 4. The molecule has 0 aliphatic heterocycles. The average Bonchev–Trinajstić information content (AvgIpc) is 3.46. The van der Waals surface area contributed by atoms with Crippen LogP contribution >= 0.6 is 0 Å². The van der Waals surface area contributed by atoms with Gasteiger partial charge in [0.2, 0.25) is 11.8 Å². The Labute approximate surface area is 190 Å². The molecule has 0 fully saturated rings. The van der Waals surface area contributed by atoms with E-state index in [4.69, 9.17) is 0 Å². The van der Waals surface area contributed by atoms with Crippen LogP contribution in [0.3, 0.4) is 0 Å². The molecule has 10 heteroatoms. The van der Waals surface area contributed by atoms with Crippen LogP contribution in [0.2, 0.25) is 0 Å². The number of aromatic nitrogens is 3. The van der Waals surface area contributed by atoms with E-state index >= 15 is 0 Å². The Hall–Kier alpha value is -3.82. The first-order chi connectivity index (χ1) is 15.9. The Balaban J connectivity index is 1.73. The van der Waals surface area contributed by atoms with Crippen LogP contribution in [0.5, 0.6) is 0 Å². The number of nitrogens with one attached hydrogen (secondary N) is 4. The predicted molar refractivity (Wildman–Crippen MR) is 123 cm³/mol. The van der Waals surface area contributed by atoms with Crippen molar-refractivity contribution in [1.82, 2.24) is 25.6 Å². The lowest BCUT2D eigenvalue weighted by Gasteiger charge is -2.22. The maximum atomic E-state index is 12.9. The third-order valence-electron chi connectivity index (χ3n) is 5.35. The van der Waals surface area contributed by atoms with E-state index in [1.54, 1.807) is 12.4 Å². The van der Waals surface area contributed by atoms with Crippen LogP contribution in [0.25, 0.3) is 10.9 Å². The molecule has 174 valence electrons. The van der Waals surface area contributed by atoms with Gasteiger partial charge in [0.25, 0.3) is 0 Å². The lowest BCUT2D eigenvalue weighted by atomic mass is 10.0. The number of amides is 2. The van der Waals surface area contributed by atoms with Gasteiger partial charge in [-0.2, -0.15) is 0 Å². The van der Waals surface area contributed by atoms with Gasteiger partial charge in [0.1, 0.15) is 12.3 Å². The maximum absolute atomic E-state index is 12.9. The van der Waals surface area contributed by atoms with Crippen molar-refractivity contribution in [3.05, 3.63) is 59.2 Å². The number of imidazole rings is 1. The molecule has 0 radical (unpaired) electrons. The van der Waals surface area contributed by atoms with Gasteiger partial charge in [-0.05, 0) is 24.0 Å². The number of rotatable bonds is 12. The first-order valence-corrected chi connectivity index (χ1v) is 10.8. The second-order valence-corrected chi connectivity index (χ2v) is 8.41. The smallest absolute Gasteiger partial charge is 0.249 e. The van der Waals surface area contributed by atoms with Crippen molar-refractivity contribution in [1.29, 1.82) is 0 Å². The summed E-state index contributed by atoms with van der Waals surface area (Å²) in [5.41, 5.74) is 2.28. The summed E-state index contributed by atoms with van der Waals surface area (Å²) >= 11 is 0. The zero-order valence-corrected chi connectivity index (χ0v) is 18.6. The molecular weight excluding hydrogens is 424 g/mol. The number of carbonyl (C=O) groups is 3. The molecule has 3 rings (SSSR count). The summed E-state index contributed by atoms with van der Waals surface area (Å²) in [6.45, 7) is 3.88. The third-order valence-corrected chi connectivity index (χ3v) is 5.35. The van der Waals surface area contributed by atoms with Gasteiger partial charge in [-0.3, -0.25) is 9.59 Å². The summed E-state index contributed by atoms with van der Waals surface area (Å²) in [6.07, 6.45) is 6.10. The van der Waals surface area contributed by atoms with Crippen molar-refractivity contribution in [3.8, 4) is 0 Å². The van der Waals surface area contributed by atoms with E-state index in [9.17, 15) is 19.3 Å². The van der Waals surface area contributed by atoms with E-state index in [0.717, 1.165) is 16.5 Å². The first kappa shape index (κ1) is 23.8. The van der Waals surface area contributed by atoms with E-state index < -0.39 is 29.9 Å². The number of carbonyl (C=O) groups excluding carboxylic acids is 3. The largest absolute Gasteiger partial charge is 0.361 e. The van der Waals surface area contributed by atoms with Crippen LogP contribution in [0.4, 0.5) is 0 Å². The first-order valence-electron chi connectivity index (χ1n) is 10.8. The van der Waals surface area contributed by atoms with E-state index in [-0.39, 0.29) is 18.8 Å². The zero-order chi connectivity index (χ0) is 23.8. The number of H-pyrrole nitrogens is 2. The summed E-state index contributed by atoms with van der Waals surface area (Å²) < 4.78 is 0. The highest BCUT2D eigenvalue weighted by Gasteiger charge is 2.29. The fourth-order valence-corrected chi connectivity index (χ4v) is 3.72. The molecule has 2 heterocycles. The number of para-hydroxylation sites is 1. The highest BCUT2D eigenvalue weighted by molar-refractivity contribution is 5.92. The number of nitrogens with zero attached hydrogens (tertiary/aromatic N) is 2. The van der Waals surface area contributed by atoms with Gasteiger partial charge in [0.15, 0.2) is 6.04 Å². The van der Waals surface area contributed by atoms with Crippen molar-refractivity contribution in [2.24, 2.45) is 11.1 Å². The van der Waals surface area contributed by atoms with Crippen LogP contribution in [-0.2, 0) is 27.2 Å². The van der Waals surface area contributed by atoms with Crippen LogP contribution in [0.15, 0.2) is 48.2 Å². The summed E-state index contributed by atoms with van der Waals surface area (Å²) in [6, 6.07) is 4.63. The number of fused-ring (bicyclic) bond motifs is 1. The molecule has 2 amide bonds. The van der Waals surface area contributed by atoms with Crippen molar-refractivity contribution in [2.75, 3.05) is 0 Å². The van der Waals surface area contributed by atoms with Crippen LogP contribution < -0.4 is 10.6 Å². The van der Waals surface area contributed by atoms with E-state index in [1.165, 1.54) is 6.33 Å². The number of nitroso groups, excluding NO2 is 1. The van der Waals surface area contributed by atoms with Gasteiger partial charge in [0.05, 0.1) is 12.4 Å². The average molecular weight is 453 g/mol. The minimum Gasteiger partial charge on any atom is -0.361 e. The molecule has 1 aromatic carbocycles. The molecular formula is C23H28N6O4. The van der Waals surface area contributed by atoms with E-state index in [1.807, 2.05) is 38.1 Å². The highest BCUT2D eigenvalue weighted by atomic mass is 16.3. The highest BCUT2D eigenvalue weighted by Crippen LogP contribution is 2.20. The summed E-state index contributed by atoms with van der Waals surface area (Å²) in [7, 11) is 0. The summed E-state index contributed by atoms with van der Waals surface area (Å²) in [5.74, 6) is -0.991. The van der Waals surface area contributed by atoms with Crippen molar-refractivity contribution >= 4 is 29.0 Å². The Morgan fingerprint density at radius 2 is 1.91 bits per heavy atom. The number of benzene rings is 1. The Kier molecular flexibility index (Phi) is 8.06. The predicted octanol–water partition coefficient (Wildman–Crippen LogP) is 2.03.